The SMILES string of the molecule is CC(NCCn1ccccc1=O)C(N)=O. The molecular formula is C10H15N3O2. The maximum atomic E-state index is 11.3. The zero-order valence-electron chi connectivity index (χ0n) is 8.64. The van der Waals surface area contributed by atoms with Crippen molar-refractivity contribution in [3.05, 3.63) is 34.7 Å². The Morgan fingerprint density at radius 1 is 1.60 bits per heavy atom. The molecule has 0 bridgehead atoms. The number of carbonyl (C=O) groups excluding carboxylic acids is 1. The Morgan fingerprint density at radius 2 is 2.33 bits per heavy atom. The summed E-state index contributed by atoms with van der Waals surface area (Å²) in [6.45, 7) is 2.75. The molecule has 0 fully saturated rings. The summed E-state index contributed by atoms with van der Waals surface area (Å²) in [5.41, 5.74) is 5.03. The highest BCUT2D eigenvalue weighted by Crippen LogP contribution is 1.83. The molecule has 5 nitrogen and oxygen atoms in total. The number of nitrogens with one attached hydrogen (secondary N) is 1. The molecule has 0 radical (unpaired) electrons. The van der Waals surface area contributed by atoms with Gasteiger partial charge in [0.2, 0.25) is 5.91 Å². The maximum absolute atomic E-state index is 11.3. The van der Waals surface area contributed by atoms with Crippen LogP contribution in [0.4, 0.5) is 0 Å². The van der Waals surface area contributed by atoms with Crippen LogP contribution in [0.5, 0.6) is 0 Å². The minimum Gasteiger partial charge on any atom is -0.368 e. The van der Waals surface area contributed by atoms with Gasteiger partial charge in [0.05, 0.1) is 6.04 Å². The van der Waals surface area contributed by atoms with Crippen molar-refractivity contribution in [2.45, 2.75) is 19.5 Å². The molecule has 1 aromatic rings. The second kappa shape index (κ2) is 5.31. The lowest BCUT2D eigenvalue weighted by Gasteiger charge is -2.10. The van der Waals surface area contributed by atoms with Crippen LogP contribution in [0.3, 0.4) is 0 Å². The summed E-state index contributed by atoms with van der Waals surface area (Å²) in [5, 5.41) is 2.92. The van der Waals surface area contributed by atoms with Gasteiger partial charge in [0.1, 0.15) is 0 Å². The number of nitrogens with two attached hydrogens (primary N) is 1. The highest BCUT2D eigenvalue weighted by molar-refractivity contribution is 5.79. The van der Waals surface area contributed by atoms with Crippen LogP contribution in [-0.2, 0) is 11.3 Å². The van der Waals surface area contributed by atoms with Crippen molar-refractivity contribution < 1.29 is 4.79 Å². The van der Waals surface area contributed by atoms with E-state index in [9.17, 15) is 9.59 Å². The van der Waals surface area contributed by atoms with Crippen LogP contribution in [0.25, 0.3) is 0 Å². The fourth-order valence-corrected chi connectivity index (χ4v) is 1.15. The third-order valence-corrected chi connectivity index (χ3v) is 2.13. The normalized spacial score (nSPS) is 12.3. The van der Waals surface area contributed by atoms with Gasteiger partial charge in [-0.3, -0.25) is 9.59 Å². The third kappa shape index (κ3) is 3.55. The van der Waals surface area contributed by atoms with Gasteiger partial charge in [0.25, 0.3) is 5.56 Å². The summed E-state index contributed by atoms with van der Waals surface area (Å²) in [5.74, 6) is -0.393. The molecule has 1 aromatic heterocycles. The van der Waals surface area contributed by atoms with Crippen LogP contribution >= 0.6 is 0 Å². The summed E-state index contributed by atoms with van der Waals surface area (Å²) in [4.78, 5) is 22.0. The van der Waals surface area contributed by atoms with Crippen LogP contribution < -0.4 is 16.6 Å². The second-order valence-corrected chi connectivity index (χ2v) is 3.31. The van der Waals surface area contributed by atoms with Gasteiger partial charge in [-0.1, -0.05) is 6.07 Å². The lowest BCUT2D eigenvalue weighted by Crippen LogP contribution is -2.40. The van der Waals surface area contributed by atoms with Crippen molar-refractivity contribution in [2.75, 3.05) is 6.54 Å². The summed E-state index contributed by atoms with van der Waals surface area (Å²) in [7, 11) is 0. The molecule has 0 spiro atoms. The molecule has 82 valence electrons. The molecule has 0 aliphatic heterocycles. The van der Waals surface area contributed by atoms with Crippen LogP contribution in [-0.4, -0.2) is 23.1 Å². The molecule has 5 heteroatoms. The highest BCUT2D eigenvalue weighted by Gasteiger charge is 2.06. The van der Waals surface area contributed by atoms with Crippen LogP contribution in [0.15, 0.2) is 29.2 Å². The van der Waals surface area contributed by atoms with Crippen molar-refractivity contribution in [1.29, 1.82) is 0 Å². The quantitative estimate of drug-likeness (QED) is 0.674. The first-order valence-electron chi connectivity index (χ1n) is 4.79. The first-order chi connectivity index (χ1) is 7.11. The summed E-state index contributed by atoms with van der Waals surface area (Å²) in [6.07, 6.45) is 1.71. The number of carbonyl (C=O) groups is 1. The predicted octanol–water partition coefficient (Wildman–Crippen LogP) is -0.688. The number of amides is 1. The minimum absolute atomic E-state index is 0.0500. The monoisotopic (exact) mass is 209 g/mol. The Bertz CT molecular complexity index is 386. The molecule has 1 amide bonds. The van der Waals surface area contributed by atoms with E-state index in [1.165, 1.54) is 6.07 Å². The minimum atomic E-state index is -0.393. The fraction of sp³-hybridized carbons (Fsp3) is 0.400. The summed E-state index contributed by atoms with van der Waals surface area (Å²) < 4.78 is 1.57. The van der Waals surface area contributed by atoms with E-state index in [4.69, 9.17) is 5.73 Å². The van der Waals surface area contributed by atoms with E-state index in [0.29, 0.717) is 13.1 Å². The number of primary amides is 1. The van der Waals surface area contributed by atoms with Gasteiger partial charge in [-0.15, -0.1) is 0 Å². The van der Waals surface area contributed by atoms with E-state index in [0.717, 1.165) is 0 Å². The molecular weight excluding hydrogens is 194 g/mol. The fourth-order valence-electron chi connectivity index (χ4n) is 1.15. The van der Waals surface area contributed by atoms with Crippen LogP contribution in [0.2, 0.25) is 0 Å². The number of aromatic nitrogens is 1. The van der Waals surface area contributed by atoms with E-state index < -0.39 is 5.91 Å². The average molecular weight is 209 g/mol. The topological polar surface area (TPSA) is 77.1 Å². The predicted molar refractivity (Wildman–Crippen MR) is 57.4 cm³/mol. The third-order valence-electron chi connectivity index (χ3n) is 2.13. The number of hydrogen-bond acceptors (Lipinski definition) is 3. The standard InChI is InChI=1S/C10H15N3O2/c1-8(10(11)15)12-5-7-13-6-3-2-4-9(13)14/h2-4,6,8,12H,5,7H2,1H3,(H2,11,15). The van der Waals surface area contributed by atoms with Gasteiger partial charge >= 0.3 is 0 Å². The molecule has 0 aromatic carbocycles. The maximum Gasteiger partial charge on any atom is 0.250 e. The molecule has 1 rings (SSSR count). The lowest BCUT2D eigenvalue weighted by atomic mass is 10.3. The van der Waals surface area contributed by atoms with E-state index in [1.807, 2.05) is 0 Å². The summed E-state index contributed by atoms with van der Waals surface area (Å²) in [6, 6.07) is 4.61. The zero-order valence-corrected chi connectivity index (χ0v) is 8.64. The Kier molecular flexibility index (Phi) is 4.05. The Balaban J connectivity index is 2.42. The Morgan fingerprint density at radius 3 is 2.93 bits per heavy atom. The molecule has 0 aliphatic carbocycles. The molecule has 3 N–H and O–H groups in total. The van der Waals surface area contributed by atoms with Gasteiger partial charge in [-0.25, -0.2) is 0 Å². The van der Waals surface area contributed by atoms with E-state index >= 15 is 0 Å². The Labute approximate surface area is 87.9 Å². The van der Waals surface area contributed by atoms with E-state index in [2.05, 4.69) is 5.32 Å². The first-order valence-corrected chi connectivity index (χ1v) is 4.79. The number of rotatable bonds is 5. The smallest absolute Gasteiger partial charge is 0.250 e. The molecule has 1 atom stereocenters. The lowest BCUT2D eigenvalue weighted by molar-refractivity contribution is -0.119. The van der Waals surface area contributed by atoms with Gasteiger partial charge in [-0.2, -0.15) is 0 Å². The largest absolute Gasteiger partial charge is 0.368 e. The van der Waals surface area contributed by atoms with Crippen molar-refractivity contribution >= 4 is 5.91 Å². The van der Waals surface area contributed by atoms with Gasteiger partial charge in [0, 0.05) is 25.4 Å². The number of hydrogen-bond donors (Lipinski definition) is 2. The van der Waals surface area contributed by atoms with Crippen molar-refractivity contribution in [3.8, 4) is 0 Å². The van der Waals surface area contributed by atoms with E-state index in [1.54, 1.807) is 29.8 Å². The van der Waals surface area contributed by atoms with Crippen molar-refractivity contribution in [3.63, 3.8) is 0 Å². The van der Waals surface area contributed by atoms with Gasteiger partial charge in [-0.05, 0) is 13.0 Å². The van der Waals surface area contributed by atoms with Gasteiger partial charge in [0.15, 0.2) is 0 Å². The van der Waals surface area contributed by atoms with Crippen molar-refractivity contribution in [1.82, 2.24) is 9.88 Å². The molecule has 15 heavy (non-hydrogen) atoms. The molecule has 1 unspecified atom stereocenters. The zero-order chi connectivity index (χ0) is 11.3. The summed E-state index contributed by atoms with van der Waals surface area (Å²) >= 11 is 0. The van der Waals surface area contributed by atoms with E-state index in [-0.39, 0.29) is 11.6 Å². The Hall–Kier alpha value is -1.62. The second-order valence-electron chi connectivity index (χ2n) is 3.31. The molecule has 0 saturated heterocycles. The van der Waals surface area contributed by atoms with Gasteiger partial charge < -0.3 is 15.6 Å². The molecule has 0 aliphatic rings. The van der Waals surface area contributed by atoms with Crippen LogP contribution in [0.1, 0.15) is 6.92 Å². The number of pyridine rings is 1. The van der Waals surface area contributed by atoms with Crippen molar-refractivity contribution in [2.24, 2.45) is 5.73 Å². The number of nitrogens with zero attached hydrogens (tertiary/aromatic N) is 1. The average Bonchev–Trinajstić information content (AvgIpc) is 2.20. The van der Waals surface area contributed by atoms with Crippen LogP contribution in [0, 0.1) is 0 Å². The highest BCUT2D eigenvalue weighted by atomic mass is 16.1. The first kappa shape index (κ1) is 11.5. The molecule has 1 heterocycles. The molecule has 0 saturated carbocycles.